The molecule has 8 heteroatoms. The first-order valence-corrected chi connectivity index (χ1v) is 7.46. The molecule has 2 N–H and O–H groups in total. The highest BCUT2D eigenvalue weighted by Gasteiger charge is 2.20. The molecule has 1 aromatic carbocycles. The van der Waals surface area contributed by atoms with Crippen LogP contribution in [0.3, 0.4) is 0 Å². The number of nitrogens with zero attached hydrogens (tertiary/aromatic N) is 2. The van der Waals surface area contributed by atoms with Crippen LogP contribution in [0.15, 0.2) is 15.7 Å². The number of hydrogen-bond donors (Lipinski definition) is 2. The molecular formula is C15H20N4O4. The summed E-state index contributed by atoms with van der Waals surface area (Å²) in [5.41, 5.74) is 0.213. The van der Waals surface area contributed by atoms with Crippen LogP contribution in [0.4, 0.5) is 5.69 Å². The molecule has 0 aliphatic heterocycles. The highest BCUT2D eigenvalue weighted by Crippen LogP contribution is 2.28. The van der Waals surface area contributed by atoms with Crippen molar-refractivity contribution in [3.63, 3.8) is 0 Å². The molecule has 23 heavy (non-hydrogen) atoms. The molecule has 0 aliphatic carbocycles. The van der Waals surface area contributed by atoms with E-state index in [2.05, 4.69) is 16.9 Å². The second-order valence-corrected chi connectivity index (χ2v) is 5.68. The lowest BCUT2D eigenvalue weighted by Crippen LogP contribution is -2.30. The molecule has 0 amide bonds. The maximum atomic E-state index is 11.6. The van der Waals surface area contributed by atoms with Gasteiger partial charge in [-0.25, -0.2) is 0 Å². The Hall–Kier alpha value is -2.48. The molecule has 0 bridgehead atoms. The third kappa shape index (κ3) is 3.48. The van der Waals surface area contributed by atoms with Crippen LogP contribution in [-0.2, 0) is 6.54 Å². The molecule has 0 saturated heterocycles. The van der Waals surface area contributed by atoms with E-state index in [0.717, 1.165) is 19.4 Å². The minimum absolute atomic E-state index is 0.0703. The fraction of sp³-hybridized carbons (Fsp3) is 0.467. The van der Waals surface area contributed by atoms with Gasteiger partial charge in [0, 0.05) is 23.7 Å². The Kier molecular flexibility index (Phi) is 4.95. The quantitative estimate of drug-likeness (QED) is 0.477. The van der Waals surface area contributed by atoms with Crippen molar-refractivity contribution >= 4 is 16.7 Å². The summed E-state index contributed by atoms with van der Waals surface area (Å²) in [6, 6.07) is 1.29. The standard InChI is InChI=1S/C15H20N4O4/c1-4-5-6-18(3)8-10-9(2)12(19(22)23)7-11-13(10)17-15(21)14(20)16-11/h7H,4-6,8H2,1-3H3,(H,16,20)(H,17,21). The van der Waals surface area contributed by atoms with Gasteiger partial charge in [-0.1, -0.05) is 13.3 Å². The van der Waals surface area contributed by atoms with E-state index in [-0.39, 0.29) is 11.2 Å². The molecule has 8 nitrogen and oxygen atoms in total. The topological polar surface area (TPSA) is 112 Å². The first-order chi connectivity index (χ1) is 10.8. The Morgan fingerprint density at radius 3 is 2.52 bits per heavy atom. The highest BCUT2D eigenvalue weighted by molar-refractivity contribution is 5.82. The summed E-state index contributed by atoms with van der Waals surface area (Å²) in [4.78, 5) is 40.9. The number of nitrogens with one attached hydrogen (secondary N) is 2. The molecule has 0 fully saturated rings. The summed E-state index contributed by atoms with van der Waals surface area (Å²) < 4.78 is 0. The van der Waals surface area contributed by atoms with E-state index >= 15 is 0 Å². The van der Waals surface area contributed by atoms with Gasteiger partial charge >= 0.3 is 11.1 Å². The smallest absolute Gasteiger partial charge is 0.314 e. The molecule has 2 aromatic rings. The fourth-order valence-corrected chi connectivity index (χ4v) is 2.58. The van der Waals surface area contributed by atoms with Crippen LogP contribution >= 0.6 is 0 Å². The minimum atomic E-state index is -0.819. The molecule has 0 radical (unpaired) electrons. The van der Waals surface area contributed by atoms with Crippen LogP contribution < -0.4 is 11.1 Å². The highest BCUT2D eigenvalue weighted by atomic mass is 16.6. The molecule has 0 spiro atoms. The number of aromatic amines is 2. The number of nitro groups is 1. The summed E-state index contributed by atoms with van der Waals surface area (Å²) in [7, 11) is 1.92. The van der Waals surface area contributed by atoms with Crippen LogP contribution in [0.25, 0.3) is 11.0 Å². The Bertz CT molecular complexity index is 853. The van der Waals surface area contributed by atoms with E-state index in [1.165, 1.54) is 6.07 Å². The largest absolute Gasteiger partial charge is 0.316 e. The van der Waals surface area contributed by atoms with Gasteiger partial charge in [0.25, 0.3) is 5.69 Å². The van der Waals surface area contributed by atoms with Gasteiger partial charge in [-0.3, -0.25) is 19.7 Å². The predicted molar refractivity (Wildman–Crippen MR) is 87.8 cm³/mol. The summed E-state index contributed by atoms with van der Waals surface area (Å²) in [5, 5.41) is 11.3. The lowest BCUT2D eigenvalue weighted by atomic mass is 10.0. The van der Waals surface area contributed by atoms with Crippen molar-refractivity contribution in [3.05, 3.63) is 48.0 Å². The average molecular weight is 320 g/mol. The van der Waals surface area contributed by atoms with Gasteiger partial charge in [-0.05, 0) is 26.9 Å². The normalized spacial score (nSPS) is 11.3. The predicted octanol–water partition coefficient (Wildman–Crippen LogP) is 1.66. The Balaban J connectivity index is 2.65. The van der Waals surface area contributed by atoms with Crippen LogP contribution in [0.2, 0.25) is 0 Å². The van der Waals surface area contributed by atoms with E-state index in [1.807, 2.05) is 11.9 Å². The van der Waals surface area contributed by atoms with E-state index in [1.54, 1.807) is 6.92 Å². The maximum Gasteiger partial charge on any atom is 0.314 e. The van der Waals surface area contributed by atoms with Crippen molar-refractivity contribution in [3.8, 4) is 0 Å². The van der Waals surface area contributed by atoms with Crippen LogP contribution in [0, 0.1) is 17.0 Å². The summed E-state index contributed by atoms with van der Waals surface area (Å²) in [6.07, 6.45) is 2.05. The molecule has 1 heterocycles. The van der Waals surface area contributed by atoms with Crippen LogP contribution in [-0.4, -0.2) is 33.4 Å². The third-order valence-electron chi connectivity index (χ3n) is 3.90. The molecule has 0 saturated carbocycles. The summed E-state index contributed by atoms with van der Waals surface area (Å²) >= 11 is 0. The lowest BCUT2D eigenvalue weighted by molar-refractivity contribution is -0.385. The van der Waals surface area contributed by atoms with E-state index in [0.29, 0.717) is 23.2 Å². The molecule has 0 aliphatic rings. The zero-order chi connectivity index (χ0) is 17.1. The number of H-pyrrole nitrogens is 2. The van der Waals surface area contributed by atoms with E-state index in [4.69, 9.17) is 0 Å². The Morgan fingerprint density at radius 2 is 1.91 bits per heavy atom. The number of benzene rings is 1. The van der Waals surface area contributed by atoms with Crippen molar-refractivity contribution in [1.29, 1.82) is 0 Å². The van der Waals surface area contributed by atoms with Gasteiger partial charge in [-0.2, -0.15) is 0 Å². The van der Waals surface area contributed by atoms with Crippen LogP contribution in [0.5, 0.6) is 0 Å². The molecule has 2 rings (SSSR count). The molecule has 1 aromatic heterocycles. The number of aromatic nitrogens is 2. The molecular weight excluding hydrogens is 300 g/mol. The monoisotopic (exact) mass is 320 g/mol. The second kappa shape index (κ2) is 6.74. The first kappa shape index (κ1) is 16.9. The fourth-order valence-electron chi connectivity index (χ4n) is 2.58. The SMILES string of the molecule is CCCCN(C)Cc1c(C)c([N+](=O)[O-])cc2[nH]c(=O)c(=O)[nH]c12. The molecule has 0 unspecified atom stereocenters. The van der Waals surface area contributed by atoms with Gasteiger partial charge in [0.1, 0.15) is 0 Å². The molecule has 0 atom stereocenters. The Morgan fingerprint density at radius 1 is 1.26 bits per heavy atom. The van der Waals surface area contributed by atoms with Crippen molar-refractivity contribution in [2.45, 2.75) is 33.2 Å². The zero-order valence-electron chi connectivity index (χ0n) is 13.4. The Labute approximate surface area is 132 Å². The van der Waals surface area contributed by atoms with Crippen molar-refractivity contribution in [1.82, 2.24) is 14.9 Å². The third-order valence-corrected chi connectivity index (χ3v) is 3.90. The van der Waals surface area contributed by atoms with Crippen molar-refractivity contribution in [2.24, 2.45) is 0 Å². The summed E-state index contributed by atoms with van der Waals surface area (Å²) in [5.74, 6) is 0. The van der Waals surface area contributed by atoms with E-state index < -0.39 is 16.0 Å². The maximum absolute atomic E-state index is 11.6. The van der Waals surface area contributed by atoms with Gasteiger partial charge < -0.3 is 14.9 Å². The number of rotatable bonds is 6. The first-order valence-electron chi connectivity index (χ1n) is 7.46. The van der Waals surface area contributed by atoms with Crippen molar-refractivity contribution < 1.29 is 4.92 Å². The summed E-state index contributed by atoms with van der Waals surface area (Å²) in [6.45, 7) is 5.04. The number of nitro benzene ring substituents is 1. The number of unbranched alkanes of at least 4 members (excludes halogenated alkanes) is 1. The second-order valence-electron chi connectivity index (χ2n) is 5.68. The van der Waals surface area contributed by atoms with Gasteiger partial charge in [0.05, 0.1) is 16.0 Å². The number of hydrogen-bond acceptors (Lipinski definition) is 5. The van der Waals surface area contributed by atoms with Gasteiger partial charge in [-0.15, -0.1) is 0 Å². The zero-order valence-corrected chi connectivity index (χ0v) is 13.4. The lowest BCUT2D eigenvalue weighted by Gasteiger charge is -2.19. The van der Waals surface area contributed by atoms with Gasteiger partial charge in [0.15, 0.2) is 0 Å². The average Bonchev–Trinajstić information content (AvgIpc) is 2.49. The molecule has 124 valence electrons. The number of fused-ring (bicyclic) bond motifs is 1. The van der Waals surface area contributed by atoms with Crippen molar-refractivity contribution in [2.75, 3.05) is 13.6 Å². The van der Waals surface area contributed by atoms with Gasteiger partial charge in [0.2, 0.25) is 0 Å². The van der Waals surface area contributed by atoms with E-state index in [9.17, 15) is 19.7 Å². The minimum Gasteiger partial charge on any atom is -0.316 e. The van der Waals surface area contributed by atoms with Crippen LogP contribution in [0.1, 0.15) is 30.9 Å².